The van der Waals surface area contributed by atoms with Crippen LogP contribution in [0.3, 0.4) is 0 Å². The number of nitrogens with zero attached hydrogens (tertiary/aromatic N) is 5. The molecule has 0 aliphatic heterocycles. The lowest BCUT2D eigenvalue weighted by atomic mass is 10.2. The highest BCUT2D eigenvalue weighted by Gasteiger charge is 2.12. The Hall–Kier alpha value is -3.13. The fourth-order valence-electron chi connectivity index (χ4n) is 2.48. The van der Waals surface area contributed by atoms with Crippen LogP contribution in [-0.2, 0) is 6.54 Å². The Morgan fingerprint density at radius 3 is 2.56 bits per heavy atom. The molecule has 4 rings (SSSR count). The van der Waals surface area contributed by atoms with Crippen LogP contribution in [0.5, 0.6) is 0 Å². The van der Waals surface area contributed by atoms with E-state index in [4.69, 9.17) is 12.2 Å². The molecule has 4 aromatic rings. The van der Waals surface area contributed by atoms with Gasteiger partial charge in [0.05, 0.1) is 17.8 Å². The molecule has 8 heteroatoms. The van der Waals surface area contributed by atoms with Gasteiger partial charge in [0.15, 0.2) is 0 Å². The maximum Gasteiger partial charge on any atom is 0.209 e. The van der Waals surface area contributed by atoms with Crippen molar-refractivity contribution in [3.05, 3.63) is 76.8 Å². The largest absolute Gasteiger partial charge is 0.299 e. The number of aromatic nitrogens is 6. The summed E-state index contributed by atoms with van der Waals surface area (Å²) in [5.74, 6) is 0.144. The van der Waals surface area contributed by atoms with E-state index < -0.39 is 0 Å². The number of aromatic amines is 1. The van der Waals surface area contributed by atoms with Crippen molar-refractivity contribution in [1.29, 1.82) is 0 Å². The van der Waals surface area contributed by atoms with Crippen molar-refractivity contribution in [3.8, 4) is 17.1 Å². The van der Waals surface area contributed by atoms with Gasteiger partial charge in [-0.15, -0.1) is 10.2 Å². The van der Waals surface area contributed by atoms with Crippen molar-refractivity contribution >= 4 is 12.2 Å². The molecule has 2 aromatic heterocycles. The van der Waals surface area contributed by atoms with Gasteiger partial charge >= 0.3 is 0 Å². The molecule has 0 saturated carbocycles. The number of hydrogen-bond acceptors (Lipinski definition) is 4. The molecule has 6 nitrogen and oxygen atoms in total. The number of tetrazole rings is 1. The zero-order chi connectivity index (χ0) is 17.2. The van der Waals surface area contributed by atoms with Crippen molar-refractivity contribution in [3.63, 3.8) is 0 Å². The van der Waals surface area contributed by atoms with Crippen LogP contribution < -0.4 is 0 Å². The van der Waals surface area contributed by atoms with E-state index in [9.17, 15) is 4.39 Å². The maximum absolute atomic E-state index is 13.1. The monoisotopic (exact) mass is 352 g/mol. The summed E-state index contributed by atoms with van der Waals surface area (Å²) >= 11 is 5.48. The van der Waals surface area contributed by atoms with Crippen molar-refractivity contribution in [2.45, 2.75) is 6.54 Å². The van der Waals surface area contributed by atoms with Crippen LogP contribution in [-0.4, -0.2) is 30.0 Å². The topological polar surface area (TPSA) is 64.3 Å². The predicted octanol–water partition coefficient (Wildman–Crippen LogP) is 3.38. The van der Waals surface area contributed by atoms with Gasteiger partial charge in [-0.05, 0) is 35.0 Å². The van der Waals surface area contributed by atoms with Crippen LogP contribution in [0.2, 0.25) is 0 Å². The highest BCUT2D eigenvalue weighted by molar-refractivity contribution is 7.71. The summed E-state index contributed by atoms with van der Waals surface area (Å²) in [5.41, 5.74) is 2.48. The van der Waals surface area contributed by atoms with E-state index >= 15 is 0 Å². The van der Waals surface area contributed by atoms with Gasteiger partial charge in [-0.2, -0.15) is 4.80 Å². The highest BCUT2D eigenvalue weighted by Crippen LogP contribution is 2.18. The average Bonchev–Trinajstić information content (AvgIpc) is 3.23. The van der Waals surface area contributed by atoms with E-state index in [0.29, 0.717) is 22.6 Å². The number of rotatable bonds is 4. The Balaban J connectivity index is 1.63. The number of hydrogen-bond donors (Lipinski definition) is 1. The van der Waals surface area contributed by atoms with Gasteiger partial charge in [0, 0.05) is 6.20 Å². The van der Waals surface area contributed by atoms with Gasteiger partial charge in [0.2, 0.25) is 5.82 Å². The molecular weight excluding hydrogens is 339 g/mol. The highest BCUT2D eigenvalue weighted by atomic mass is 32.1. The van der Waals surface area contributed by atoms with E-state index in [1.54, 1.807) is 23.0 Å². The Labute approximate surface area is 147 Å². The van der Waals surface area contributed by atoms with Crippen molar-refractivity contribution in [2.24, 2.45) is 0 Å². The number of H-pyrrole nitrogens is 1. The molecule has 2 aromatic carbocycles. The number of nitrogens with one attached hydrogen (secondary N) is 1. The van der Waals surface area contributed by atoms with Crippen molar-refractivity contribution in [2.75, 3.05) is 0 Å². The van der Waals surface area contributed by atoms with Gasteiger partial charge in [-0.1, -0.05) is 42.5 Å². The van der Waals surface area contributed by atoms with Crippen LogP contribution in [0, 0.1) is 10.5 Å². The number of halogens is 1. The lowest BCUT2D eigenvalue weighted by molar-refractivity contribution is 0.573. The second-order valence-electron chi connectivity index (χ2n) is 5.43. The maximum atomic E-state index is 13.1. The normalized spacial score (nSPS) is 10.9. The van der Waals surface area contributed by atoms with E-state index in [0.717, 1.165) is 11.3 Å². The molecule has 2 heterocycles. The second kappa shape index (κ2) is 6.40. The SMILES string of the molecule is Fc1ccc(-n2[nH]cc(-c3nnn(Cc4ccccc4)n3)c2=S)cc1. The van der Waals surface area contributed by atoms with Crippen LogP contribution >= 0.6 is 12.2 Å². The minimum atomic E-state index is -0.299. The van der Waals surface area contributed by atoms with Gasteiger partial charge in [0.1, 0.15) is 10.5 Å². The fourth-order valence-corrected chi connectivity index (χ4v) is 2.79. The molecule has 0 spiro atoms. The van der Waals surface area contributed by atoms with Gasteiger partial charge < -0.3 is 0 Å². The summed E-state index contributed by atoms with van der Waals surface area (Å²) in [7, 11) is 0. The first-order valence-electron chi connectivity index (χ1n) is 7.59. The summed E-state index contributed by atoms with van der Waals surface area (Å²) in [4.78, 5) is 1.52. The first-order valence-corrected chi connectivity index (χ1v) is 8.00. The first-order chi connectivity index (χ1) is 12.2. The quantitative estimate of drug-likeness (QED) is 0.572. The third-order valence-electron chi connectivity index (χ3n) is 3.72. The lowest BCUT2D eigenvalue weighted by Crippen LogP contribution is -2.03. The predicted molar refractivity (Wildman–Crippen MR) is 93.3 cm³/mol. The lowest BCUT2D eigenvalue weighted by Gasteiger charge is -2.01. The fraction of sp³-hybridized carbons (Fsp3) is 0.0588. The molecule has 0 aliphatic carbocycles. The smallest absolute Gasteiger partial charge is 0.209 e. The minimum absolute atomic E-state index is 0.299. The second-order valence-corrected chi connectivity index (χ2v) is 5.82. The van der Waals surface area contributed by atoms with Crippen LogP contribution in [0.1, 0.15) is 5.56 Å². The Bertz CT molecular complexity index is 1050. The van der Waals surface area contributed by atoms with Crippen LogP contribution in [0.25, 0.3) is 17.1 Å². The van der Waals surface area contributed by atoms with Gasteiger partial charge in [-0.3, -0.25) is 5.10 Å². The molecule has 0 amide bonds. The third-order valence-corrected chi connectivity index (χ3v) is 4.12. The molecular formula is C17H13FN6S. The first kappa shape index (κ1) is 15.4. The van der Waals surface area contributed by atoms with E-state index in [1.807, 2.05) is 30.3 Å². The Morgan fingerprint density at radius 1 is 1.04 bits per heavy atom. The zero-order valence-corrected chi connectivity index (χ0v) is 13.8. The Kier molecular flexibility index (Phi) is 3.95. The molecule has 124 valence electrons. The van der Waals surface area contributed by atoms with Crippen LogP contribution in [0.15, 0.2) is 60.8 Å². The average molecular weight is 352 g/mol. The molecule has 0 unspecified atom stereocenters. The summed E-state index contributed by atoms with van der Waals surface area (Å²) in [6, 6.07) is 15.9. The molecule has 1 N–H and O–H groups in total. The number of benzene rings is 2. The van der Waals surface area contributed by atoms with E-state index in [1.165, 1.54) is 16.9 Å². The van der Waals surface area contributed by atoms with Gasteiger partial charge in [-0.25, -0.2) is 9.07 Å². The van der Waals surface area contributed by atoms with Crippen LogP contribution in [0.4, 0.5) is 4.39 Å². The minimum Gasteiger partial charge on any atom is -0.299 e. The van der Waals surface area contributed by atoms with E-state index in [-0.39, 0.29) is 5.82 Å². The summed E-state index contributed by atoms with van der Waals surface area (Å²) in [6.45, 7) is 0.531. The molecule has 0 radical (unpaired) electrons. The van der Waals surface area contributed by atoms with E-state index in [2.05, 4.69) is 20.5 Å². The molecule has 0 atom stereocenters. The summed E-state index contributed by atoms with van der Waals surface area (Å²) in [5, 5.41) is 15.6. The summed E-state index contributed by atoms with van der Waals surface area (Å²) < 4.78 is 15.3. The third kappa shape index (κ3) is 3.11. The standard InChI is InChI=1S/C17H13FN6S/c18-13-6-8-14(9-7-13)24-17(25)15(10-19-24)16-20-22-23(21-16)11-12-4-2-1-3-5-12/h1-10,19H,11H2. The summed E-state index contributed by atoms with van der Waals surface area (Å²) in [6.07, 6.45) is 1.72. The molecule has 0 aliphatic rings. The zero-order valence-electron chi connectivity index (χ0n) is 13.0. The molecule has 0 fully saturated rings. The van der Waals surface area contributed by atoms with Crippen molar-refractivity contribution in [1.82, 2.24) is 30.0 Å². The van der Waals surface area contributed by atoms with Crippen molar-refractivity contribution < 1.29 is 4.39 Å². The molecule has 0 saturated heterocycles. The molecule has 0 bridgehead atoms. The Morgan fingerprint density at radius 2 is 1.80 bits per heavy atom. The van der Waals surface area contributed by atoms with Gasteiger partial charge in [0.25, 0.3) is 0 Å². The molecule has 25 heavy (non-hydrogen) atoms.